The molecule has 0 spiro atoms. The predicted molar refractivity (Wildman–Crippen MR) is 101 cm³/mol. The van der Waals surface area contributed by atoms with E-state index in [0.29, 0.717) is 6.42 Å². The molecular weight excluding hydrogens is 438 g/mol. The fourth-order valence-corrected chi connectivity index (χ4v) is 6.24. The zero-order chi connectivity index (χ0) is 19.0. The first kappa shape index (κ1) is 23.3. The van der Waals surface area contributed by atoms with Crippen molar-refractivity contribution in [2.24, 2.45) is 35.5 Å². The Morgan fingerprint density at radius 2 is 1.50 bits per heavy atom. The number of hydrogen-bond donors (Lipinski definition) is 1. The van der Waals surface area contributed by atoms with Crippen LogP contribution in [0.15, 0.2) is 11.6 Å². The first-order valence-electron chi connectivity index (χ1n) is 11.3. The summed E-state index contributed by atoms with van der Waals surface area (Å²) in [6.45, 7) is 0. The summed E-state index contributed by atoms with van der Waals surface area (Å²) < 4.78 is 38.7. The van der Waals surface area contributed by atoms with Crippen LogP contribution in [-0.4, -0.2) is 17.4 Å². The van der Waals surface area contributed by atoms with E-state index in [4.69, 9.17) is 0 Å². The molecule has 0 aromatic heterocycles. The summed E-state index contributed by atoms with van der Waals surface area (Å²) >= 11 is 0. The molecule has 0 amide bonds. The van der Waals surface area contributed by atoms with E-state index in [0.717, 1.165) is 36.5 Å². The third kappa shape index (κ3) is 5.84. The molecule has 1 radical (unpaired) electrons. The Kier molecular flexibility index (Phi) is 8.15. The van der Waals surface area contributed by atoms with E-state index in [-0.39, 0.29) is 51.5 Å². The minimum absolute atomic E-state index is 0. The molecule has 0 saturated heterocycles. The van der Waals surface area contributed by atoms with Crippen molar-refractivity contribution in [3.8, 4) is 0 Å². The van der Waals surface area contributed by atoms with Gasteiger partial charge in [-0.05, 0) is 81.5 Å². The standard InChI is InChI=1S/C23H35F3O.Y/c24-23(25,26)20-11-12-21(22(27)14-20)19-9-7-18(8-10-19)17-5-3-16(4-6-17)13-15-1-2-15;/h9,15-18,20-22,27H,1-8,10-14H2;. The van der Waals surface area contributed by atoms with Gasteiger partial charge in [0.25, 0.3) is 0 Å². The van der Waals surface area contributed by atoms with Gasteiger partial charge in [0, 0.05) is 38.6 Å². The first-order chi connectivity index (χ1) is 12.9. The molecule has 0 aliphatic heterocycles. The van der Waals surface area contributed by atoms with Crippen molar-refractivity contribution in [1.29, 1.82) is 0 Å². The van der Waals surface area contributed by atoms with E-state index >= 15 is 0 Å². The third-order valence-corrected chi connectivity index (χ3v) is 8.16. The largest absolute Gasteiger partial charge is 0.392 e. The minimum Gasteiger partial charge on any atom is -0.392 e. The Labute approximate surface area is 193 Å². The van der Waals surface area contributed by atoms with Crippen LogP contribution in [0, 0.1) is 35.5 Å². The maximum atomic E-state index is 12.9. The van der Waals surface area contributed by atoms with Crippen molar-refractivity contribution in [1.82, 2.24) is 0 Å². The van der Waals surface area contributed by atoms with E-state index in [2.05, 4.69) is 6.08 Å². The maximum Gasteiger partial charge on any atom is 0.391 e. The summed E-state index contributed by atoms with van der Waals surface area (Å²) in [6, 6.07) is 0. The molecular formula is C23H35F3OY. The van der Waals surface area contributed by atoms with Crippen molar-refractivity contribution < 1.29 is 51.0 Å². The van der Waals surface area contributed by atoms with Gasteiger partial charge in [0.2, 0.25) is 0 Å². The molecule has 4 atom stereocenters. The summed E-state index contributed by atoms with van der Waals surface area (Å²) in [4.78, 5) is 0. The molecule has 0 aromatic rings. The summed E-state index contributed by atoms with van der Waals surface area (Å²) in [6.07, 6.45) is 11.1. The van der Waals surface area contributed by atoms with Crippen molar-refractivity contribution in [2.45, 2.75) is 95.8 Å². The second-order valence-corrected chi connectivity index (χ2v) is 10.00. The van der Waals surface area contributed by atoms with Crippen LogP contribution < -0.4 is 0 Å². The van der Waals surface area contributed by atoms with Crippen LogP contribution in [-0.2, 0) is 32.7 Å². The normalized spacial score (nSPS) is 39.8. The first-order valence-corrected chi connectivity index (χ1v) is 11.3. The number of aliphatic hydroxyl groups is 1. The van der Waals surface area contributed by atoms with Crippen LogP contribution in [0.4, 0.5) is 13.2 Å². The van der Waals surface area contributed by atoms with Crippen LogP contribution in [0.25, 0.3) is 0 Å². The van der Waals surface area contributed by atoms with Crippen molar-refractivity contribution in [3.05, 3.63) is 11.6 Å². The fraction of sp³-hybridized carbons (Fsp3) is 0.913. The van der Waals surface area contributed by atoms with Crippen molar-refractivity contribution in [2.75, 3.05) is 0 Å². The molecule has 0 heterocycles. The van der Waals surface area contributed by atoms with Crippen molar-refractivity contribution >= 4 is 0 Å². The van der Waals surface area contributed by atoms with Crippen LogP contribution >= 0.6 is 0 Å². The maximum absolute atomic E-state index is 12.9. The Bertz CT molecular complexity index is 534. The van der Waals surface area contributed by atoms with E-state index in [1.165, 1.54) is 56.9 Å². The zero-order valence-corrected chi connectivity index (χ0v) is 19.8. The molecule has 0 bridgehead atoms. The second-order valence-electron chi connectivity index (χ2n) is 10.00. The van der Waals surface area contributed by atoms with Gasteiger partial charge in [-0.1, -0.05) is 37.3 Å². The average molecular weight is 473 g/mol. The zero-order valence-electron chi connectivity index (χ0n) is 17.0. The van der Waals surface area contributed by atoms with Gasteiger partial charge >= 0.3 is 6.18 Å². The molecule has 0 aromatic carbocycles. The summed E-state index contributed by atoms with van der Waals surface area (Å²) in [5.74, 6) is 2.29. The molecule has 157 valence electrons. The number of allylic oxidation sites excluding steroid dienone is 1. The van der Waals surface area contributed by atoms with Crippen molar-refractivity contribution in [3.63, 3.8) is 0 Å². The van der Waals surface area contributed by atoms with Crippen LogP contribution in [0.3, 0.4) is 0 Å². The molecule has 3 saturated carbocycles. The summed E-state index contributed by atoms with van der Waals surface area (Å²) in [7, 11) is 0. The molecule has 3 fully saturated rings. The van der Waals surface area contributed by atoms with Gasteiger partial charge < -0.3 is 5.11 Å². The van der Waals surface area contributed by atoms with Gasteiger partial charge in [0.1, 0.15) is 0 Å². The molecule has 1 nitrogen and oxygen atoms in total. The van der Waals surface area contributed by atoms with Gasteiger partial charge in [-0.3, -0.25) is 0 Å². The van der Waals surface area contributed by atoms with Gasteiger partial charge in [-0.15, -0.1) is 0 Å². The fourth-order valence-electron chi connectivity index (χ4n) is 6.24. The van der Waals surface area contributed by atoms with E-state index in [1.807, 2.05) is 0 Å². The Balaban J connectivity index is 0.00000225. The molecule has 4 rings (SSSR count). The van der Waals surface area contributed by atoms with Crippen LogP contribution in [0.2, 0.25) is 0 Å². The Morgan fingerprint density at radius 1 is 0.857 bits per heavy atom. The number of alkyl halides is 3. The molecule has 4 aliphatic carbocycles. The van der Waals surface area contributed by atoms with Gasteiger partial charge in [0.05, 0.1) is 12.0 Å². The number of rotatable bonds is 4. The molecule has 1 N–H and O–H groups in total. The smallest absolute Gasteiger partial charge is 0.391 e. The minimum atomic E-state index is -4.16. The van der Waals surface area contributed by atoms with Gasteiger partial charge in [-0.2, -0.15) is 13.2 Å². The van der Waals surface area contributed by atoms with E-state index < -0.39 is 18.2 Å². The third-order valence-electron chi connectivity index (χ3n) is 8.16. The van der Waals surface area contributed by atoms with Crippen LogP contribution in [0.1, 0.15) is 83.5 Å². The Hall–Kier alpha value is 0.594. The quantitative estimate of drug-likeness (QED) is 0.453. The number of aliphatic hydroxyl groups excluding tert-OH is 1. The van der Waals surface area contributed by atoms with Gasteiger partial charge in [-0.25, -0.2) is 0 Å². The predicted octanol–water partition coefficient (Wildman–Crippen LogP) is 6.66. The Morgan fingerprint density at radius 3 is 2.00 bits per heavy atom. The monoisotopic (exact) mass is 473 g/mol. The van der Waals surface area contributed by atoms with E-state index in [9.17, 15) is 18.3 Å². The average Bonchev–Trinajstić information content (AvgIpc) is 3.46. The summed E-state index contributed by atoms with van der Waals surface area (Å²) in [5.41, 5.74) is 1.25. The molecule has 28 heavy (non-hydrogen) atoms. The number of halogens is 3. The number of hydrogen-bond acceptors (Lipinski definition) is 1. The molecule has 5 heteroatoms. The summed E-state index contributed by atoms with van der Waals surface area (Å²) in [5, 5.41) is 10.3. The van der Waals surface area contributed by atoms with Crippen LogP contribution in [0.5, 0.6) is 0 Å². The molecule has 4 unspecified atom stereocenters. The molecule has 4 aliphatic rings. The van der Waals surface area contributed by atoms with E-state index in [1.54, 1.807) is 0 Å². The SMILES string of the molecule is OC1CC(C(F)(F)F)CCC1C1=CCC(C2CCC(CC3CC3)CC2)CC1.[Y]. The van der Waals surface area contributed by atoms with Gasteiger partial charge in [0.15, 0.2) is 0 Å². The second kappa shape index (κ2) is 9.81. The topological polar surface area (TPSA) is 20.2 Å².